The van der Waals surface area contributed by atoms with Crippen LogP contribution in [0.1, 0.15) is 19.8 Å². The second-order valence-electron chi connectivity index (χ2n) is 5.55. The van der Waals surface area contributed by atoms with Crippen molar-refractivity contribution >= 4 is 54.8 Å². The van der Waals surface area contributed by atoms with Crippen molar-refractivity contribution in [2.45, 2.75) is 29.5 Å². The number of hydrogen-bond acceptors (Lipinski definition) is 2. The van der Waals surface area contributed by atoms with Crippen molar-refractivity contribution in [1.82, 2.24) is 0 Å². The molecule has 0 saturated carbocycles. The number of rotatable bonds is 7. The maximum Gasteiger partial charge on any atom is 0.264 e. The molecule has 3 nitrogen and oxygen atoms in total. The number of hydrogen-bond donors (Lipinski definition) is 0. The smallest absolute Gasteiger partial charge is 0.263 e. The Balaban J connectivity index is 2.46. The Bertz CT molecular complexity index is 829. The molecule has 0 aliphatic carbocycles. The zero-order valence-electron chi connectivity index (χ0n) is 13.4. The Morgan fingerprint density at radius 2 is 1.72 bits per heavy atom. The molecule has 0 spiro atoms. The van der Waals surface area contributed by atoms with Crippen molar-refractivity contribution in [3.05, 3.63) is 58.3 Å². The highest BCUT2D eigenvalue weighted by Gasteiger charge is 2.27. The molecule has 0 aromatic heterocycles. The Morgan fingerprint density at radius 3 is 2.32 bits per heavy atom. The monoisotopic (exact) mass is 467 g/mol. The lowest BCUT2D eigenvalue weighted by Gasteiger charge is -2.25. The van der Waals surface area contributed by atoms with Gasteiger partial charge >= 0.3 is 0 Å². The number of alkyl halides is 1. The van der Waals surface area contributed by atoms with Gasteiger partial charge in [0.05, 0.1) is 10.6 Å². The Kier molecular flexibility index (Phi) is 7.14. The van der Waals surface area contributed by atoms with E-state index in [-0.39, 0.29) is 27.0 Å². The lowest BCUT2D eigenvalue weighted by atomic mass is 10.2. The van der Waals surface area contributed by atoms with E-state index in [9.17, 15) is 12.8 Å². The third-order valence-electron chi connectivity index (χ3n) is 3.54. The van der Waals surface area contributed by atoms with Gasteiger partial charge in [-0.2, -0.15) is 0 Å². The molecule has 8 heteroatoms. The van der Waals surface area contributed by atoms with Gasteiger partial charge in [-0.15, -0.1) is 0 Å². The first-order valence-corrected chi connectivity index (χ1v) is 10.7. The highest BCUT2D eigenvalue weighted by atomic mass is 79.9. The predicted octanol–water partition coefficient (Wildman–Crippen LogP) is 5.89. The van der Waals surface area contributed by atoms with Crippen molar-refractivity contribution in [3.8, 4) is 0 Å². The number of halogens is 4. The van der Waals surface area contributed by atoms with Crippen LogP contribution in [-0.4, -0.2) is 19.8 Å². The summed E-state index contributed by atoms with van der Waals surface area (Å²) < 4.78 is 41.5. The summed E-state index contributed by atoms with van der Waals surface area (Å²) in [5, 5.41) is 0.689. The van der Waals surface area contributed by atoms with Crippen molar-refractivity contribution in [1.29, 1.82) is 0 Å². The van der Waals surface area contributed by atoms with Gasteiger partial charge < -0.3 is 0 Å². The van der Waals surface area contributed by atoms with Crippen molar-refractivity contribution in [2.75, 3.05) is 10.8 Å². The fraction of sp³-hybridized carbons (Fsp3) is 0.294. The summed E-state index contributed by atoms with van der Waals surface area (Å²) in [4.78, 5) is 0.278. The van der Waals surface area contributed by atoms with Gasteiger partial charge in [0, 0.05) is 21.4 Å². The first kappa shape index (κ1) is 20.5. The Hall–Kier alpha value is -0.820. The average molecular weight is 469 g/mol. The number of benzene rings is 2. The molecule has 0 aliphatic heterocycles. The van der Waals surface area contributed by atoms with Gasteiger partial charge in [-0.25, -0.2) is 12.8 Å². The predicted molar refractivity (Wildman–Crippen MR) is 105 cm³/mol. The van der Waals surface area contributed by atoms with E-state index >= 15 is 0 Å². The van der Waals surface area contributed by atoms with Crippen LogP contribution in [0.4, 0.5) is 10.1 Å². The standard InChI is InChI=1S/C17H17BrCl2FNO2S/c1-12(18)3-2-10-22(17-11-14(20)6-9-16(17)21)25(23,24)15-7-4-13(19)5-8-15/h4-9,11-12H,2-3,10H2,1H3/t12-/m1/s1. The number of anilines is 1. The SMILES string of the molecule is C[C@@H](Br)CCCN(c1cc(Cl)ccc1F)S(=O)(=O)c1ccc(Cl)cc1. The van der Waals surface area contributed by atoms with Crippen LogP contribution in [0.15, 0.2) is 47.4 Å². The van der Waals surface area contributed by atoms with Gasteiger partial charge in [-0.3, -0.25) is 4.31 Å². The van der Waals surface area contributed by atoms with Crippen LogP contribution < -0.4 is 4.31 Å². The molecule has 1 atom stereocenters. The van der Waals surface area contributed by atoms with Gasteiger partial charge in [0.2, 0.25) is 0 Å². The first-order chi connectivity index (χ1) is 11.7. The zero-order valence-corrected chi connectivity index (χ0v) is 17.3. The van der Waals surface area contributed by atoms with E-state index < -0.39 is 15.8 Å². The van der Waals surface area contributed by atoms with Gasteiger partial charge in [0.1, 0.15) is 5.82 Å². The molecule has 0 fully saturated rings. The van der Waals surface area contributed by atoms with E-state index in [4.69, 9.17) is 23.2 Å². The van der Waals surface area contributed by atoms with E-state index in [0.717, 1.165) is 16.8 Å². The molecule has 2 rings (SSSR count). The highest BCUT2D eigenvalue weighted by molar-refractivity contribution is 9.09. The van der Waals surface area contributed by atoms with E-state index in [2.05, 4.69) is 15.9 Å². The largest absolute Gasteiger partial charge is 0.264 e. The molecule has 0 bridgehead atoms. The summed E-state index contributed by atoms with van der Waals surface area (Å²) in [6.07, 6.45) is 1.31. The molecule has 0 saturated heterocycles. The molecule has 2 aromatic rings. The van der Waals surface area contributed by atoms with Gasteiger partial charge in [0.15, 0.2) is 0 Å². The van der Waals surface area contributed by atoms with Crippen LogP contribution >= 0.6 is 39.1 Å². The molecule has 0 amide bonds. The van der Waals surface area contributed by atoms with Crippen LogP contribution in [-0.2, 0) is 10.0 Å². The minimum absolute atomic E-state index is 0.0446. The minimum atomic E-state index is -3.95. The minimum Gasteiger partial charge on any atom is -0.263 e. The number of nitrogens with zero attached hydrogens (tertiary/aromatic N) is 1. The van der Waals surface area contributed by atoms with E-state index in [0.29, 0.717) is 11.4 Å². The van der Waals surface area contributed by atoms with Crippen LogP contribution in [0.3, 0.4) is 0 Å². The molecule has 2 aromatic carbocycles. The molecule has 136 valence electrons. The summed E-state index contributed by atoms with van der Waals surface area (Å²) in [7, 11) is -3.95. The highest BCUT2D eigenvalue weighted by Crippen LogP contribution is 2.30. The normalized spacial score (nSPS) is 12.8. The van der Waals surface area contributed by atoms with Crippen LogP contribution in [0, 0.1) is 5.82 Å². The van der Waals surface area contributed by atoms with Gasteiger partial charge in [0.25, 0.3) is 10.0 Å². The summed E-state index contributed by atoms with van der Waals surface area (Å²) in [5.41, 5.74) is -0.0651. The van der Waals surface area contributed by atoms with Crippen molar-refractivity contribution in [2.24, 2.45) is 0 Å². The Labute approximate surface area is 165 Å². The fourth-order valence-electron chi connectivity index (χ4n) is 2.30. The molecule has 0 aliphatic rings. The lowest BCUT2D eigenvalue weighted by molar-refractivity contribution is 0.581. The summed E-state index contributed by atoms with van der Waals surface area (Å²) in [6, 6.07) is 9.65. The van der Waals surface area contributed by atoms with Crippen LogP contribution in [0.25, 0.3) is 0 Å². The third-order valence-corrected chi connectivity index (χ3v) is 6.31. The fourth-order valence-corrected chi connectivity index (χ4v) is 4.42. The maximum atomic E-state index is 14.3. The summed E-state index contributed by atoms with van der Waals surface area (Å²) >= 11 is 15.2. The summed E-state index contributed by atoms with van der Waals surface area (Å²) in [5.74, 6) is -0.645. The number of sulfonamides is 1. The van der Waals surface area contributed by atoms with Crippen molar-refractivity contribution < 1.29 is 12.8 Å². The molecular weight excluding hydrogens is 452 g/mol. The molecular formula is C17H17BrCl2FNO2S. The van der Waals surface area contributed by atoms with E-state index in [1.807, 2.05) is 6.92 Å². The lowest BCUT2D eigenvalue weighted by Crippen LogP contribution is -2.33. The summed E-state index contributed by atoms with van der Waals surface area (Å²) in [6.45, 7) is 2.11. The maximum absolute atomic E-state index is 14.3. The first-order valence-electron chi connectivity index (χ1n) is 7.59. The van der Waals surface area contributed by atoms with Gasteiger partial charge in [-0.05, 0) is 55.3 Å². The molecule has 0 heterocycles. The van der Waals surface area contributed by atoms with Crippen molar-refractivity contribution in [3.63, 3.8) is 0 Å². The molecule has 0 radical (unpaired) electrons. The second-order valence-corrected chi connectivity index (χ2v) is 9.85. The van der Waals surface area contributed by atoms with Crippen LogP contribution in [0.2, 0.25) is 10.0 Å². The topological polar surface area (TPSA) is 37.4 Å². The van der Waals surface area contributed by atoms with E-state index in [1.54, 1.807) is 0 Å². The zero-order chi connectivity index (χ0) is 18.6. The Morgan fingerprint density at radius 1 is 1.12 bits per heavy atom. The van der Waals surface area contributed by atoms with Crippen LogP contribution in [0.5, 0.6) is 0 Å². The second kappa shape index (κ2) is 8.71. The third kappa shape index (κ3) is 5.33. The van der Waals surface area contributed by atoms with Gasteiger partial charge in [-0.1, -0.05) is 46.1 Å². The van der Waals surface area contributed by atoms with E-state index in [1.165, 1.54) is 36.4 Å². The molecule has 25 heavy (non-hydrogen) atoms. The molecule has 0 unspecified atom stereocenters. The average Bonchev–Trinajstić information content (AvgIpc) is 2.54. The quantitative estimate of drug-likeness (QED) is 0.475. The molecule has 0 N–H and O–H groups in total.